The molecule has 98 valence electrons. The van der Waals surface area contributed by atoms with Gasteiger partial charge < -0.3 is 0 Å². The van der Waals surface area contributed by atoms with Gasteiger partial charge in [0.15, 0.2) is 0 Å². The summed E-state index contributed by atoms with van der Waals surface area (Å²) in [5.74, 6) is 0.574. The molecule has 0 bridgehead atoms. The third-order valence-corrected chi connectivity index (χ3v) is 2.21. The molecule has 0 heterocycles. The molecule has 0 radical (unpaired) electrons. The standard InChI is InChI=1S/C7H14O.C6H12O.CH4/c1-5-6(8)7(2,3)4;1-5(7)6(2,3)4;/h5H2,1-4H3;1-4H3;1H4. The van der Waals surface area contributed by atoms with Gasteiger partial charge in [-0.25, -0.2) is 0 Å². The van der Waals surface area contributed by atoms with Crippen LogP contribution in [-0.4, -0.2) is 11.6 Å². The first kappa shape index (κ1) is 20.7. The summed E-state index contributed by atoms with van der Waals surface area (Å²) < 4.78 is 0. The molecular weight excluding hydrogens is 200 g/mol. The SMILES string of the molecule is C.CC(=O)C(C)(C)C.CCC(=O)C(C)(C)C. The van der Waals surface area contributed by atoms with Gasteiger partial charge in [0, 0.05) is 17.3 Å². The lowest BCUT2D eigenvalue weighted by molar-refractivity contribution is -0.126. The monoisotopic (exact) mass is 230 g/mol. The van der Waals surface area contributed by atoms with Crippen molar-refractivity contribution in [3.8, 4) is 0 Å². The van der Waals surface area contributed by atoms with Crippen LogP contribution in [-0.2, 0) is 9.59 Å². The van der Waals surface area contributed by atoms with Gasteiger partial charge in [-0.2, -0.15) is 0 Å². The van der Waals surface area contributed by atoms with Crippen LogP contribution in [0.15, 0.2) is 0 Å². The van der Waals surface area contributed by atoms with Crippen LogP contribution in [0.2, 0.25) is 0 Å². The minimum absolute atomic E-state index is 0. The fourth-order valence-corrected chi connectivity index (χ4v) is 0.530. The maximum absolute atomic E-state index is 10.8. The van der Waals surface area contributed by atoms with Crippen LogP contribution in [0.4, 0.5) is 0 Å². The van der Waals surface area contributed by atoms with Crippen LogP contribution in [0.1, 0.15) is 69.2 Å². The fraction of sp³-hybridized carbons (Fsp3) is 0.857. The average molecular weight is 230 g/mol. The van der Waals surface area contributed by atoms with E-state index in [1.165, 1.54) is 0 Å². The average Bonchev–Trinajstić information content (AvgIpc) is 2.00. The number of hydrogen-bond donors (Lipinski definition) is 0. The third-order valence-electron chi connectivity index (χ3n) is 2.21. The predicted molar refractivity (Wildman–Crippen MR) is 71.6 cm³/mol. The molecule has 0 rings (SSSR count). The lowest BCUT2D eigenvalue weighted by Gasteiger charge is -2.13. The molecule has 0 unspecified atom stereocenters. The topological polar surface area (TPSA) is 34.1 Å². The summed E-state index contributed by atoms with van der Waals surface area (Å²) in [7, 11) is 0. The Hall–Kier alpha value is -0.660. The summed E-state index contributed by atoms with van der Waals surface area (Å²) in [6, 6.07) is 0. The van der Waals surface area contributed by atoms with Crippen molar-refractivity contribution in [2.45, 2.75) is 69.2 Å². The van der Waals surface area contributed by atoms with Crippen LogP contribution in [0, 0.1) is 10.8 Å². The van der Waals surface area contributed by atoms with Gasteiger partial charge in [-0.1, -0.05) is 55.9 Å². The maximum Gasteiger partial charge on any atom is 0.137 e. The molecule has 16 heavy (non-hydrogen) atoms. The highest BCUT2D eigenvalue weighted by molar-refractivity contribution is 5.83. The molecule has 0 aliphatic rings. The van der Waals surface area contributed by atoms with Crippen LogP contribution < -0.4 is 0 Å². The Morgan fingerprint density at radius 2 is 1.12 bits per heavy atom. The van der Waals surface area contributed by atoms with E-state index in [4.69, 9.17) is 0 Å². The lowest BCUT2D eigenvalue weighted by Crippen LogP contribution is -2.18. The molecule has 0 atom stereocenters. The minimum atomic E-state index is -0.139. The normalized spacial score (nSPS) is 10.8. The molecule has 0 fully saturated rings. The Bertz CT molecular complexity index is 214. The Morgan fingerprint density at radius 1 is 0.875 bits per heavy atom. The summed E-state index contributed by atoms with van der Waals surface area (Å²) in [5.41, 5.74) is -0.269. The number of carbonyl (C=O) groups is 2. The van der Waals surface area contributed by atoms with Crippen molar-refractivity contribution < 1.29 is 9.59 Å². The van der Waals surface area contributed by atoms with Crippen molar-refractivity contribution in [3.05, 3.63) is 0 Å². The van der Waals surface area contributed by atoms with Crippen molar-refractivity contribution >= 4 is 11.6 Å². The number of hydrogen-bond acceptors (Lipinski definition) is 2. The first-order valence-corrected chi connectivity index (χ1v) is 5.47. The van der Waals surface area contributed by atoms with Gasteiger partial charge in [0.05, 0.1) is 0 Å². The smallest absolute Gasteiger partial charge is 0.137 e. The summed E-state index contributed by atoms with van der Waals surface area (Å²) in [5, 5.41) is 0. The molecule has 0 aromatic carbocycles. The van der Waals surface area contributed by atoms with Crippen molar-refractivity contribution in [2.24, 2.45) is 10.8 Å². The van der Waals surface area contributed by atoms with Gasteiger partial charge in [-0.3, -0.25) is 9.59 Å². The van der Waals surface area contributed by atoms with Gasteiger partial charge in [-0.15, -0.1) is 0 Å². The van der Waals surface area contributed by atoms with E-state index in [1.54, 1.807) is 6.92 Å². The highest BCUT2D eigenvalue weighted by Crippen LogP contribution is 2.15. The van der Waals surface area contributed by atoms with Crippen LogP contribution in [0.25, 0.3) is 0 Å². The maximum atomic E-state index is 10.8. The second-order valence-electron chi connectivity index (χ2n) is 5.83. The van der Waals surface area contributed by atoms with E-state index in [9.17, 15) is 9.59 Å². The lowest BCUT2D eigenvalue weighted by atomic mass is 9.90. The zero-order chi connectivity index (χ0) is 12.9. The molecule has 0 N–H and O–H groups in total. The van der Waals surface area contributed by atoms with E-state index >= 15 is 0 Å². The highest BCUT2D eigenvalue weighted by atomic mass is 16.1. The Balaban J connectivity index is -0.000000200. The van der Waals surface area contributed by atoms with Crippen molar-refractivity contribution in [1.82, 2.24) is 0 Å². The quantitative estimate of drug-likeness (QED) is 0.674. The fourth-order valence-electron chi connectivity index (χ4n) is 0.530. The van der Waals surface area contributed by atoms with Crippen molar-refractivity contribution in [3.63, 3.8) is 0 Å². The molecule has 0 spiro atoms. The molecule has 2 heteroatoms. The summed E-state index contributed by atoms with van der Waals surface area (Å²) >= 11 is 0. The highest BCUT2D eigenvalue weighted by Gasteiger charge is 2.17. The van der Waals surface area contributed by atoms with Crippen LogP contribution in [0.5, 0.6) is 0 Å². The zero-order valence-corrected chi connectivity index (χ0v) is 11.5. The van der Waals surface area contributed by atoms with Crippen molar-refractivity contribution in [1.29, 1.82) is 0 Å². The molecule has 0 saturated carbocycles. The van der Waals surface area contributed by atoms with Gasteiger partial charge in [-0.05, 0) is 6.92 Å². The van der Waals surface area contributed by atoms with Gasteiger partial charge in [0.2, 0.25) is 0 Å². The second-order valence-corrected chi connectivity index (χ2v) is 5.83. The number of Topliss-reactive ketones (excluding diaryl/α,β-unsaturated/α-hetero) is 2. The zero-order valence-electron chi connectivity index (χ0n) is 11.5. The summed E-state index contributed by atoms with van der Waals surface area (Å²) in [6.45, 7) is 15.1. The molecule has 0 saturated heterocycles. The Kier molecular flexibility index (Phi) is 9.82. The van der Waals surface area contributed by atoms with E-state index in [2.05, 4.69) is 0 Å². The van der Waals surface area contributed by atoms with Gasteiger partial charge in [0.25, 0.3) is 0 Å². The molecule has 0 aliphatic carbocycles. The minimum Gasteiger partial charge on any atom is -0.299 e. The van der Waals surface area contributed by atoms with E-state index < -0.39 is 0 Å². The molecule has 0 amide bonds. The van der Waals surface area contributed by atoms with Crippen LogP contribution >= 0.6 is 0 Å². The number of ketones is 2. The summed E-state index contributed by atoms with van der Waals surface area (Å²) in [4.78, 5) is 21.3. The van der Waals surface area contributed by atoms with Crippen LogP contribution in [0.3, 0.4) is 0 Å². The third kappa shape index (κ3) is 11.4. The van der Waals surface area contributed by atoms with E-state index in [-0.39, 0.29) is 24.0 Å². The molecule has 0 aliphatic heterocycles. The van der Waals surface area contributed by atoms with Gasteiger partial charge in [0.1, 0.15) is 11.6 Å². The molecule has 2 nitrogen and oxygen atoms in total. The van der Waals surface area contributed by atoms with E-state index in [0.29, 0.717) is 12.2 Å². The Labute approximate surface area is 102 Å². The van der Waals surface area contributed by atoms with E-state index in [1.807, 2.05) is 48.5 Å². The first-order chi connectivity index (χ1) is 6.42. The first-order valence-electron chi connectivity index (χ1n) is 5.47. The summed E-state index contributed by atoms with van der Waals surface area (Å²) in [6.07, 6.45) is 0.656. The molecule has 0 aromatic rings. The number of rotatable bonds is 1. The predicted octanol–water partition coefficient (Wildman–Crippen LogP) is 4.27. The van der Waals surface area contributed by atoms with E-state index in [0.717, 1.165) is 0 Å². The largest absolute Gasteiger partial charge is 0.299 e. The Morgan fingerprint density at radius 3 is 1.12 bits per heavy atom. The van der Waals surface area contributed by atoms with Crippen molar-refractivity contribution in [2.75, 3.05) is 0 Å². The second kappa shape index (κ2) is 7.59. The number of carbonyl (C=O) groups excluding carboxylic acids is 2. The molecular formula is C14H30O2. The molecule has 0 aromatic heterocycles. The van der Waals surface area contributed by atoms with Gasteiger partial charge >= 0.3 is 0 Å².